The van der Waals surface area contributed by atoms with Crippen molar-refractivity contribution in [3.8, 4) is 0 Å². The van der Waals surface area contributed by atoms with Gasteiger partial charge in [0, 0.05) is 10.6 Å². The van der Waals surface area contributed by atoms with Crippen molar-refractivity contribution in [2.24, 2.45) is 5.73 Å². The predicted octanol–water partition coefficient (Wildman–Crippen LogP) is 2.01. The summed E-state index contributed by atoms with van der Waals surface area (Å²) < 4.78 is 0. The highest BCUT2D eigenvalue weighted by Crippen LogP contribution is 2.30. The van der Waals surface area contributed by atoms with Gasteiger partial charge in [-0.25, -0.2) is 0 Å². The lowest BCUT2D eigenvalue weighted by atomic mass is 10.00. The molecule has 0 saturated carbocycles. The highest BCUT2D eigenvalue weighted by Gasteiger charge is 2.19. The number of nitrogens with two attached hydrogens (primary N) is 1. The third kappa shape index (κ3) is 1.75. The standard InChI is InChI=1S/C12H10ClNO2/c13-9-6-5-7-3-1-2-4-8(7)10(9)11(15)12(14)16/h1-6,11,15H,(H2,14,16). The smallest absolute Gasteiger partial charge is 0.250 e. The third-order valence-corrected chi connectivity index (χ3v) is 2.79. The quantitative estimate of drug-likeness (QED) is 0.837. The first-order valence-corrected chi connectivity index (χ1v) is 5.13. The lowest BCUT2D eigenvalue weighted by molar-refractivity contribution is -0.126. The number of rotatable bonds is 2. The van der Waals surface area contributed by atoms with E-state index in [1.54, 1.807) is 12.1 Å². The summed E-state index contributed by atoms with van der Waals surface area (Å²) in [7, 11) is 0. The first-order valence-electron chi connectivity index (χ1n) is 4.76. The van der Waals surface area contributed by atoms with Gasteiger partial charge in [0.25, 0.3) is 5.91 Å². The van der Waals surface area contributed by atoms with E-state index in [0.717, 1.165) is 10.8 Å². The molecule has 0 saturated heterocycles. The lowest BCUT2D eigenvalue weighted by Crippen LogP contribution is -2.21. The van der Waals surface area contributed by atoms with E-state index < -0.39 is 12.0 Å². The van der Waals surface area contributed by atoms with Crippen molar-refractivity contribution in [1.29, 1.82) is 0 Å². The Balaban J connectivity index is 2.75. The maximum Gasteiger partial charge on any atom is 0.250 e. The fourth-order valence-corrected chi connectivity index (χ4v) is 1.96. The molecule has 0 fully saturated rings. The molecular weight excluding hydrogens is 226 g/mol. The van der Waals surface area contributed by atoms with Crippen LogP contribution in [0.3, 0.4) is 0 Å². The molecule has 0 heterocycles. The Labute approximate surface area is 97.4 Å². The van der Waals surface area contributed by atoms with Gasteiger partial charge in [0.05, 0.1) is 0 Å². The Hall–Kier alpha value is -1.58. The second-order valence-electron chi connectivity index (χ2n) is 3.49. The van der Waals surface area contributed by atoms with Gasteiger partial charge in [-0.15, -0.1) is 0 Å². The molecule has 0 aliphatic rings. The van der Waals surface area contributed by atoms with Gasteiger partial charge in [-0.1, -0.05) is 41.9 Å². The van der Waals surface area contributed by atoms with Crippen LogP contribution in [0.15, 0.2) is 36.4 Å². The minimum Gasteiger partial charge on any atom is -0.378 e. The van der Waals surface area contributed by atoms with Crippen LogP contribution in [-0.4, -0.2) is 11.0 Å². The summed E-state index contributed by atoms with van der Waals surface area (Å²) in [5, 5.41) is 11.7. The van der Waals surface area contributed by atoms with Gasteiger partial charge in [0.15, 0.2) is 6.10 Å². The number of aliphatic hydroxyl groups is 1. The molecule has 0 radical (unpaired) electrons. The van der Waals surface area contributed by atoms with E-state index in [9.17, 15) is 9.90 Å². The fraction of sp³-hybridized carbons (Fsp3) is 0.0833. The summed E-state index contributed by atoms with van der Waals surface area (Å²) in [5.74, 6) is -0.807. The molecule has 1 unspecified atom stereocenters. The number of aliphatic hydroxyl groups excluding tert-OH is 1. The van der Waals surface area contributed by atoms with Crippen LogP contribution in [0.4, 0.5) is 0 Å². The topological polar surface area (TPSA) is 63.3 Å². The van der Waals surface area contributed by atoms with E-state index in [0.29, 0.717) is 10.6 Å². The molecule has 0 aliphatic heterocycles. The molecule has 3 N–H and O–H groups in total. The van der Waals surface area contributed by atoms with Crippen molar-refractivity contribution < 1.29 is 9.90 Å². The highest BCUT2D eigenvalue weighted by atomic mass is 35.5. The largest absolute Gasteiger partial charge is 0.378 e. The Morgan fingerprint density at radius 2 is 1.94 bits per heavy atom. The molecule has 1 atom stereocenters. The summed E-state index contributed by atoms with van der Waals surface area (Å²) in [4.78, 5) is 11.0. The number of amides is 1. The SMILES string of the molecule is NC(=O)C(O)c1c(Cl)ccc2ccccc12. The second-order valence-corrected chi connectivity index (χ2v) is 3.89. The highest BCUT2D eigenvalue weighted by molar-refractivity contribution is 6.32. The van der Waals surface area contributed by atoms with Gasteiger partial charge in [0.2, 0.25) is 0 Å². The average Bonchev–Trinajstić information content (AvgIpc) is 2.28. The second kappa shape index (κ2) is 4.12. The molecule has 2 aromatic carbocycles. The number of carbonyl (C=O) groups excluding carboxylic acids is 1. The molecular formula is C12H10ClNO2. The number of primary amides is 1. The van der Waals surface area contributed by atoms with E-state index in [1.807, 2.05) is 24.3 Å². The minimum absolute atomic E-state index is 0.338. The van der Waals surface area contributed by atoms with Crippen LogP contribution in [0.25, 0.3) is 10.8 Å². The molecule has 2 rings (SSSR count). The minimum atomic E-state index is -1.38. The van der Waals surface area contributed by atoms with Crippen molar-refractivity contribution in [2.75, 3.05) is 0 Å². The molecule has 4 heteroatoms. The van der Waals surface area contributed by atoms with Crippen molar-refractivity contribution in [2.45, 2.75) is 6.10 Å². The first kappa shape index (κ1) is 10.9. The van der Waals surface area contributed by atoms with E-state index in [-0.39, 0.29) is 0 Å². The zero-order chi connectivity index (χ0) is 11.7. The summed E-state index contributed by atoms with van der Waals surface area (Å²) in [6.07, 6.45) is -1.38. The van der Waals surface area contributed by atoms with Gasteiger partial charge in [-0.05, 0) is 16.8 Å². The van der Waals surface area contributed by atoms with Crippen LogP contribution in [0.1, 0.15) is 11.7 Å². The average molecular weight is 236 g/mol. The van der Waals surface area contributed by atoms with Crippen LogP contribution in [0.5, 0.6) is 0 Å². The van der Waals surface area contributed by atoms with Crippen LogP contribution < -0.4 is 5.73 Å². The maximum absolute atomic E-state index is 11.0. The normalized spacial score (nSPS) is 12.6. The van der Waals surface area contributed by atoms with Crippen LogP contribution in [-0.2, 0) is 4.79 Å². The van der Waals surface area contributed by atoms with Gasteiger partial charge < -0.3 is 10.8 Å². The molecule has 16 heavy (non-hydrogen) atoms. The molecule has 1 amide bonds. The van der Waals surface area contributed by atoms with Gasteiger partial charge in [0.1, 0.15) is 0 Å². The number of benzene rings is 2. The molecule has 0 bridgehead atoms. The van der Waals surface area contributed by atoms with Crippen LogP contribution >= 0.6 is 11.6 Å². The molecule has 82 valence electrons. The Kier molecular flexibility index (Phi) is 2.81. The Bertz CT molecular complexity index is 554. The van der Waals surface area contributed by atoms with E-state index in [4.69, 9.17) is 17.3 Å². The van der Waals surface area contributed by atoms with Gasteiger partial charge in [-0.2, -0.15) is 0 Å². The number of hydrogen-bond donors (Lipinski definition) is 2. The molecule has 3 nitrogen and oxygen atoms in total. The summed E-state index contributed by atoms with van der Waals surface area (Å²) in [6.45, 7) is 0. The monoisotopic (exact) mass is 235 g/mol. The van der Waals surface area contributed by atoms with Gasteiger partial charge in [-0.3, -0.25) is 4.79 Å². The number of carbonyl (C=O) groups is 1. The van der Waals surface area contributed by atoms with Crippen molar-refractivity contribution in [3.63, 3.8) is 0 Å². The summed E-state index contributed by atoms with van der Waals surface area (Å²) in [6, 6.07) is 10.8. The van der Waals surface area contributed by atoms with Gasteiger partial charge >= 0.3 is 0 Å². The van der Waals surface area contributed by atoms with E-state index in [2.05, 4.69) is 0 Å². The Morgan fingerprint density at radius 1 is 1.25 bits per heavy atom. The maximum atomic E-state index is 11.0. The predicted molar refractivity (Wildman–Crippen MR) is 63.1 cm³/mol. The summed E-state index contributed by atoms with van der Waals surface area (Å²) >= 11 is 5.97. The lowest BCUT2D eigenvalue weighted by Gasteiger charge is -2.12. The number of halogens is 1. The molecule has 0 spiro atoms. The van der Waals surface area contributed by atoms with Crippen molar-refractivity contribution in [1.82, 2.24) is 0 Å². The number of hydrogen-bond acceptors (Lipinski definition) is 2. The molecule has 2 aromatic rings. The first-order chi connectivity index (χ1) is 7.61. The fourth-order valence-electron chi connectivity index (χ4n) is 1.69. The molecule has 0 aliphatic carbocycles. The van der Waals surface area contributed by atoms with Crippen LogP contribution in [0, 0.1) is 0 Å². The van der Waals surface area contributed by atoms with E-state index in [1.165, 1.54) is 0 Å². The Morgan fingerprint density at radius 3 is 2.62 bits per heavy atom. The number of fused-ring (bicyclic) bond motifs is 1. The van der Waals surface area contributed by atoms with Crippen molar-refractivity contribution in [3.05, 3.63) is 47.0 Å². The van der Waals surface area contributed by atoms with E-state index >= 15 is 0 Å². The zero-order valence-corrected chi connectivity index (χ0v) is 9.11. The van der Waals surface area contributed by atoms with Crippen molar-refractivity contribution >= 4 is 28.3 Å². The zero-order valence-electron chi connectivity index (χ0n) is 8.35. The summed E-state index contributed by atoms with van der Waals surface area (Å²) in [5.41, 5.74) is 5.45. The molecule has 0 aromatic heterocycles. The van der Waals surface area contributed by atoms with Crippen LogP contribution in [0.2, 0.25) is 5.02 Å². The third-order valence-electron chi connectivity index (χ3n) is 2.46.